The molecule has 0 spiro atoms. The highest BCUT2D eigenvalue weighted by Gasteiger charge is 2.31. The smallest absolute Gasteiger partial charge is 0.259 e. The van der Waals surface area contributed by atoms with E-state index in [1.54, 1.807) is 61.7 Å². The van der Waals surface area contributed by atoms with Gasteiger partial charge in [-0.1, -0.05) is 42.5 Å². The van der Waals surface area contributed by atoms with Crippen molar-refractivity contribution in [3.63, 3.8) is 0 Å². The maximum absolute atomic E-state index is 13.7. The van der Waals surface area contributed by atoms with Crippen molar-refractivity contribution in [3.8, 4) is 5.75 Å². The monoisotopic (exact) mass is 514 g/mol. The van der Waals surface area contributed by atoms with Gasteiger partial charge in [0.15, 0.2) is 0 Å². The van der Waals surface area contributed by atoms with Gasteiger partial charge in [-0.2, -0.15) is 0 Å². The van der Waals surface area contributed by atoms with Crippen molar-refractivity contribution >= 4 is 28.3 Å². The Hall–Kier alpha value is -4.30. The van der Waals surface area contributed by atoms with Crippen LogP contribution in [0.2, 0.25) is 0 Å². The fourth-order valence-electron chi connectivity index (χ4n) is 4.26. The zero-order valence-corrected chi connectivity index (χ0v) is 20.8. The van der Waals surface area contributed by atoms with Gasteiger partial charge in [0.1, 0.15) is 11.6 Å². The molecule has 0 saturated heterocycles. The third-order valence-corrected chi connectivity index (χ3v) is 7.66. The minimum atomic E-state index is -1.64. The van der Waals surface area contributed by atoms with E-state index in [2.05, 4.69) is 5.32 Å². The number of ether oxygens (including phenoxy) is 1. The van der Waals surface area contributed by atoms with Crippen LogP contribution in [0.1, 0.15) is 31.8 Å². The van der Waals surface area contributed by atoms with Gasteiger partial charge in [-0.15, -0.1) is 0 Å². The van der Waals surface area contributed by atoms with Gasteiger partial charge >= 0.3 is 0 Å². The van der Waals surface area contributed by atoms with Gasteiger partial charge in [-0.05, 0) is 54.1 Å². The number of nitrogens with one attached hydrogen (secondary N) is 1. The van der Waals surface area contributed by atoms with E-state index in [0.29, 0.717) is 37.9 Å². The zero-order chi connectivity index (χ0) is 25.9. The first kappa shape index (κ1) is 24.4. The van der Waals surface area contributed by atoms with Gasteiger partial charge in [0.05, 0.1) is 45.5 Å². The first-order chi connectivity index (χ1) is 18.0. The van der Waals surface area contributed by atoms with Gasteiger partial charge in [-0.3, -0.25) is 9.59 Å². The van der Waals surface area contributed by atoms with Crippen molar-refractivity contribution in [3.05, 3.63) is 119 Å². The SMILES string of the molecule is COc1ccccc1CNC(=O)c1ccc2c(c1)N(Cc1ccc(F)cc1)C(=O)c1ccccc1S2=O. The van der Waals surface area contributed by atoms with Crippen LogP contribution >= 0.6 is 0 Å². The van der Waals surface area contributed by atoms with Gasteiger partial charge < -0.3 is 15.0 Å². The summed E-state index contributed by atoms with van der Waals surface area (Å²) in [5.74, 6) is -0.421. The molecule has 0 saturated carbocycles. The van der Waals surface area contributed by atoms with Gasteiger partial charge in [-0.25, -0.2) is 8.60 Å². The van der Waals surface area contributed by atoms with E-state index in [1.807, 2.05) is 24.3 Å². The lowest BCUT2D eigenvalue weighted by Crippen LogP contribution is -2.31. The molecule has 1 aliphatic rings. The Morgan fingerprint density at radius 2 is 1.68 bits per heavy atom. The molecule has 186 valence electrons. The number of benzene rings is 4. The summed E-state index contributed by atoms with van der Waals surface area (Å²) in [5, 5.41) is 2.88. The topological polar surface area (TPSA) is 75.7 Å². The molecular weight excluding hydrogens is 491 g/mol. The number of carbonyl (C=O) groups is 2. The highest BCUT2D eigenvalue weighted by molar-refractivity contribution is 7.85. The van der Waals surface area contributed by atoms with Crippen LogP contribution < -0.4 is 15.0 Å². The zero-order valence-electron chi connectivity index (χ0n) is 19.9. The molecule has 1 heterocycles. The predicted molar refractivity (Wildman–Crippen MR) is 139 cm³/mol. The molecule has 1 aliphatic heterocycles. The molecule has 1 atom stereocenters. The minimum absolute atomic E-state index is 0.115. The minimum Gasteiger partial charge on any atom is -0.496 e. The molecule has 2 amide bonds. The number of carbonyl (C=O) groups excluding carboxylic acids is 2. The van der Waals surface area contributed by atoms with Gasteiger partial charge in [0.25, 0.3) is 11.8 Å². The average Bonchev–Trinajstić information content (AvgIpc) is 3.02. The van der Waals surface area contributed by atoms with E-state index in [-0.39, 0.29) is 30.7 Å². The molecule has 37 heavy (non-hydrogen) atoms. The maximum atomic E-state index is 13.7. The standard InChI is InChI=1S/C29H23FN2O4S/c1-36-25-8-4-2-6-21(25)17-31-28(33)20-12-15-27-24(16-20)32(18-19-10-13-22(30)14-11-19)29(34)23-7-3-5-9-26(23)37(27)35/h2-16H,17-18H2,1H3,(H,31,33). The summed E-state index contributed by atoms with van der Waals surface area (Å²) in [5.41, 5.74) is 2.51. The summed E-state index contributed by atoms with van der Waals surface area (Å²) in [7, 11) is -0.0731. The second-order valence-electron chi connectivity index (χ2n) is 8.46. The third kappa shape index (κ3) is 4.88. The molecule has 4 aromatic rings. The van der Waals surface area contributed by atoms with Gasteiger partial charge in [0.2, 0.25) is 0 Å². The van der Waals surface area contributed by atoms with E-state index in [9.17, 15) is 18.2 Å². The molecule has 0 fully saturated rings. The van der Waals surface area contributed by atoms with Crippen molar-refractivity contribution in [2.45, 2.75) is 22.9 Å². The second-order valence-corrected chi connectivity index (χ2v) is 9.88. The first-order valence-electron chi connectivity index (χ1n) is 11.6. The summed E-state index contributed by atoms with van der Waals surface area (Å²) in [6, 6.07) is 24.8. The molecule has 1 unspecified atom stereocenters. The summed E-state index contributed by atoms with van der Waals surface area (Å²) in [6.07, 6.45) is 0. The number of anilines is 1. The van der Waals surface area contributed by atoms with Gasteiger partial charge in [0, 0.05) is 17.7 Å². The highest BCUT2D eigenvalue weighted by Crippen LogP contribution is 2.36. The van der Waals surface area contributed by atoms with Crippen molar-refractivity contribution in [2.75, 3.05) is 12.0 Å². The number of hydrogen-bond donors (Lipinski definition) is 1. The molecule has 8 heteroatoms. The van der Waals surface area contributed by atoms with Crippen molar-refractivity contribution < 1.29 is 22.9 Å². The van der Waals surface area contributed by atoms with Crippen molar-refractivity contribution in [2.24, 2.45) is 0 Å². The molecule has 6 nitrogen and oxygen atoms in total. The fourth-order valence-corrected chi connectivity index (χ4v) is 5.61. The fraction of sp³-hybridized carbons (Fsp3) is 0.103. The summed E-state index contributed by atoms with van der Waals surface area (Å²) < 4.78 is 32.4. The Bertz CT molecular complexity index is 1520. The summed E-state index contributed by atoms with van der Waals surface area (Å²) >= 11 is 0. The predicted octanol–water partition coefficient (Wildman–Crippen LogP) is 5.09. The lowest BCUT2D eigenvalue weighted by molar-refractivity contribution is 0.0947. The summed E-state index contributed by atoms with van der Waals surface area (Å²) in [4.78, 5) is 29.1. The highest BCUT2D eigenvalue weighted by atomic mass is 32.2. The lowest BCUT2D eigenvalue weighted by Gasteiger charge is -2.23. The number of rotatable bonds is 6. The second kappa shape index (κ2) is 10.4. The normalized spacial score (nSPS) is 14.4. The molecule has 0 radical (unpaired) electrons. The average molecular weight is 515 g/mol. The van der Waals surface area contributed by atoms with Crippen LogP contribution in [0.5, 0.6) is 5.75 Å². The molecule has 0 aliphatic carbocycles. The number of para-hydroxylation sites is 1. The van der Waals surface area contributed by atoms with Crippen LogP contribution in [0.15, 0.2) is 101 Å². The third-order valence-electron chi connectivity index (χ3n) is 6.16. The quantitative estimate of drug-likeness (QED) is 0.389. The molecule has 5 rings (SSSR count). The van der Waals surface area contributed by atoms with Crippen molar-refractivity contribution in [1.29, 1.82) is 0 Å². The lowest BCUT2D eigenvalue weighted by atomic mass is 10.1. The molecule has 0 bridgehead atoms. The van der Waals surface area contributed by atoms with Crippen LogP contribution in [-0.4, -0.2) is 23.1 Å². The molecule has 4 aromatic carbocycles. The number of methoxy groups -OCH3 is 1. The number of hydrogen-bond acceptors (Lipinski definition) is 4. The first-order valence-corrected chi connectivity index (χ1v) is 12.7. The number of nitrogens with zero attached hydrogens (tertiary/aromatic N) is 1. The van der Waals surface area contributed by atoms with E-state index >= 15 is 0 Å². The van der Waals surface area contributed by atoms with Crippen LogP contribution in [0.25, 0.3) is 0 Å². The number of halogens is 1. The molecular formula is C29H23FN2O4S. The molecule has 0 aromatic heterocycles. The van der Waals surface area contributed by atoms with E-state index in [1.165, 1.54) is 17.0 Å². The molecule has 1 N–H and O–H groups in total. The van der Waals surface area contributed by atoms with Crippen LogP contribution in [0.4, 0.5) is 10.1 Å². The Labute approximate surface area is 216 Å². The summed E-state index contributed by atoms with van der Waals surface area (Å²) in [6.45, 7) is 0.361. The number of fused-ring (bicyclic) bond motifs is 2. The largest absolute Gasteiger partial charge is 0.496 e. The number of amides is 2. The Morgan fingerprint density at radius 1 is 0.946 bits per heavy atom. The van der Waals surface area contributed by atoms with E-state index in [4.69, 9.17) is 4.74 Å². The van der Waals surface area contributed by atoms with Crippen molar-refractivity contribution in [1.82, 2.24) is 5.32 Å². The van der Waals surface area contributed by atoms with E-state index in [0.717, 1.165) is 5.56 Å². The van der Waals surface area contributed by atoms with E-state index < -0.39 is 10.8 Å². The Balaban J connectivity index is 1.52. The Morgan fingerprint density at radius 3 is 2.46 bits per heavy atom. The maximum Gasteiger partial charge on any atom is 0.259 e. The van der Waals surface area contributed by atoms with Crippen LogP contribution in [-0.2, 0) is 23.9 Å². The van der Waals surface area contributed by atoms with Crippen LogP contribution in [0.3, 0.4) is 0 Å². The Kier molecular flexibility index (Phi) is 6.83. The van der Waals surface area contributed by atoms with Crippen LogP contribution in [0, 0.1) is 5.82 Å².